The highest BCUT2D eigenvalue weighted by Crippen LogP contribution is 2.22. The van der Waals surface area contributed by atoms with E-state index in [-0.39, 0.29) is 5.82 Å². The lowest BCUT2D eigenvalue weighted by molar-refractivity contribution is 0.0265. The zero-order chi connectivity index (χ0) is 16.2. The van der Waals surface area contributed by atoms with Gasteiger partial charge in [0.15, 0.2) is 0 Å². The van der Waals surface area contributed by atoms with E-state index >= 15 is 0 Å². The summed E-state index contributed by atoms with van der Waals surface area (Å²) in [5, 5.41) is 1.88. The highest BCUT2D eigenvalue weighted by atomic mass is 19.1. The largest absolute Gasteiger partial charge is 0.443 e. The lowest BCUT2D eigenvalue weighted by Crippen LogP contribution is -2.48. The van der Waals surface area contributed by atoms with E-state index < -0.39 is 11.7 Å². The number of nitrogens with one attached hydrogen (secondary N) is 1. The van der Waals surface area contributed by atoms with Gasteiger partial charge in [0.1, 0.15) is 11.4 Å². The smallest absolute Gasteiger partial charge is 0.422 e. The number of hydrazine groups is 1. The van der Waals surface area contributed by atoms with E-state index in [9.17, 15) is 9.18 Å². The van der Waals surface area contributed by atoms with Crippen LogP contribution in [0.25, 0.3) is 0 Å². The summed E-state index contributed by atoms with van der Waals surface area (Å²) in [6, 6.07) is 6.94. The minimum atomic E-state index is -0.493. The summed E-state index contributed by atoms with van der Waals surface area (Å²) in [4.78, 5) is 11.7. The van der Waals surface area contributed by atoms with Gasteiger partial charge >= 0.3 is 6.09 Å². The van der Waals surface area contributed by atoms with Gasteiger partial charge in [-0.15, -0.1) is 0 Å². The molecule has 1 aromatic carbocycles. The molecule has 1 saturated heterocycles. The fraction of sp³-hybridized carbons (Fsp3) is 0.588. The molecule has 0 spiro atoms. The number of carbonyl (C=O) groups excluding carboxylic acids is 1. The van der Waals surface area contributed by atoms with Gasteiger partial charge in [-0.2, -0.15) is 0 Å². The van der Waals surface area contributed by atoms with Gasteiger partial charge in [0.05, 0.1) is 0 Å². The third-order valence-electron chi connectivity index (χ3n) is 3.73. The minimum absolute atomic E-state index is 0.128. The maximum absolute atomic E-state index is 13.7. The predicted molar refractivity (Wildman–Crippen MR) is 83.8 cm³/mol. The van der Waals surface area contributed by atoms with Crippen LogP contribution in [0, 0.1) is 11.7 Å². The normalized spacial score (nSPS) is 17.3. The molecule has 4 nitrogen and oxygen atoms in total. The summed E-state index contributed by atoms with van der Waals surface area (Å²) in [6.07, 6.45) is 2.21. The number of rotatable bonds is 3. The van der Waals surface area contributed by atoms with E-state index in [1.54, 1.807) is 6.07 Å². The van der Waals surface area contributed by atoms with Gasteiger partial charge in [0.25, 0.3) is 0 Å². The molecule has 0 aliphatic carbocycles. The molecule has 0 aromatic heterocycles. The van der Waals surface area contributed by atoms with Gasteiger partial charge < -0.3 is 4.74 Å². The van der Waals surface area contributed by atoms with Crippen LogP contribution < -0.4 is 5.43 Å². The zero-order valence-electron chi connectivity index (χ0n) is 13.6. The molecule has 0 unspecified atom stereocenters. The van der Waals surface area contributed by atoms with Crippen molar-refractivity contribution < 1.29 is 13.9 Å². The van der Waals surface area contributed by atoms with Crippen molar-refractivity contribution >= 4 is 6.09 Å². The second-order valence-corrected chi connectivity index (χ2v) is 6.84. The van der Waals surface area contributed by atoms with Crippen molar-refractivity contribution in [1.82, 2.24) is 10.4 Å². The van der Waals surface area contributed by atoms with Crippen LogP contribution in [0.1, 0.15) is 39.2 Å². The molecule has 1 amide bonds. The van der Waals surface area contributed by atoms with Crippen LogP contribution in [0.15, 0.2) is 24.3 Å². The molecule has 0 bridgehead atoms. The van der Waals surface area contributed by atoms with Gasteiger partial charge in [-0.25, -0.2) is 14.2 Å². The highest BCUT2D eigenvalue weighted by molar-refractivity contribution is 5.67. The minimum Gasteiger partial charge on any atom is -0.443 e. The third-order valence-corrected chi connectivity index (χ3v) is 3.73. The number of hydrogen-bond acceptors (Lipinski definition) is 3. The van der Waals surface area contributed by atoms with Crippen LogP contribution in [0.4, 0.5) is 9.18 Å². The van der Waals surface area contributed by atoms with Gasteiger partial charge in [-0.05, 0) is 57.6 Å². The Hall–Kier alpha value is -1.62. The van der Waals surface area contributed by atoms with Crippen molar-refractivity contribution in [3.63, 3.8) is 0 Å². The third kappa shape index (κ3) is 5.30. The molecule has 1 N–H and O–H groups in total. The summed E-state index contributed by atoms with van der Waals surface area (Å²) >= 11 is 0. The number of carbonyl (C=O) groups is 1. The Bertz CT molecular complexity index is 506. The number of piperidine rings is 1. The topological polar surface area (TPSA) is 41.6 Å². The van der Waals surface area contributed by atoms with Crippen molar-refractivity contribution in [3.8, 4) is 0 Å². The average Bonchev–Trinajstić information content (AvgIpc) is 2.41. The number of ether oxygens (including phenoxy) is 1. The van der Waals surface area contributed by atoms with E-state index in [0.29, 0.717) is 5.92 Å². The first-order valence-electron chi connectivity index (χ1n) is 7.81. The van der Waals surface area contributed by atoms with Crippen LogP contribution in [-0.4, -0.2) is 29.8 Å². The predicted octanol–water partition coefficient (Wildman–Crippen LogP) is 3.52. The van der Waals surface area contributed by atoms with Crippen molar-refractivity contribution in [2.45, 2.75) is 45.6 Å². The van der Waals surface area contributed by atoms with Crippen molar-refractivity contribution in [3.05, 3.63) is 35.6 Å². The second kappa shape index (κ2) is 7.09. The van der Waals surface area contributed by atoms with Crippen LogP contribution >= 0.6 is 0 Å². The van der Waals surface area contributed by atoms with E-state index in [4.69, 9.17) is 4.74 Å². The monoisotopic (exact) mass is 308 g/mol. The fourth-order valence-electron chi connectivity index (χ4n) is 2.65. The van der Waals surface area contributed by atoms with Crippen LogP contribution in [-0.2, 0) is 11.2 Å². The maximum Gasteiger partial charge on any atom is 0.422 e. The summed E-state index contributed by atoms with van der Waals surface area (Å²) in [5.74, 6) is 0.324. The van der Waals surface area contributed by atoms with Crippen molar-refractivity contribution in [2.75, 3.05) is 13.1 Å². The van der Waals surface area contributed by atoms with Gasteiger partial charge in [-0.3, -0.25) is 5.43 Å². The second-order valence-electron chi connectivity index (χ2n) is 6.84. The molecule has 5 heteroatoms. The summed E-state index contributed by atoms with van der Waals surface area (Å²) < 4.78 is 18.9. The SMILES string of the molecule is CC(C)(C)OC(=O)NN1CCC(Cc2ccccc2F)CC1. The molecule has 1 heterocycles. The first-order chi connectivity index (χ1) is 10.3. The van der Waals surface area contributed by atoms with Crippen LogP contribution in [0.3, 0.4) is 0 Å². The molecule has 2 rings (SSSR count). The van der Waals surface area contributed by atoms with Crippen LogP contribution in [0.2, 0.25) is 0 Å². The Morgan fingerprint density at radius 1 is 1.32 bits per heavy atom. The Kier molecular flexibility index (Phi) is 5.40. The Labute approximate surface area is 131 Å². The number of halogens is 1. The van der Waals surface area contributed by atoms with E-state index in [1.165, 1.54) is 6.07 Å². The zero-order valence-corrected chi connectivity index (χ0v) is 13.6. The molecule has 1 fully saturated rings. The molecule has 0 atom stereocenters. The molecule has 0 saturated carbocycles. The van der Waals surface area contributed by atoms with Gasteiger partial charge in [-0.1, -0.05) is 18.2 Å². The summed E-state index contributed by atoms with van der Waals surface area (Å²) in [6.45, 7) is 7.05. The van der Waals surface area contributed by atoms with E-state index in [1.807, 2.05) is 37.9 Å². The molecule has 0 radical (unpaired) electrons. The number of nitrogens with zero attached hydrogens (tertiary/aromatic N) is 1. The highest BCUT2D eigenvalue weighted by Gasteiger charge is 2.23. The lowest BCUT2D eigenvalue weighted by atomic mass is 9.90. The number of benzene rings is 1. The average molecular weight is 308 g/mol. The Morgan fingerprint density at radius 2 is 1.95 bits per heavy atom. The van der Waals surface area contributed by atoms with E-state index in [0.717, 1.165) is 37.9 Å². The molecule has 1 aliphatic rings. The molecule has 22 heavy (non-hydrogen) atoms. The number of hydrogen-bond donors (Lipinski definition) is 1. The number of amides is 1. The molecule has 122 valence electrons. The Morgan fingerprint density at radius 3 is 2.55 bits per heavy atom. The standard InChI is InChI=1S/C17H25FN2O2/c1-17(2,3)22-16(21)19-20-10-8-13(9-11-20)12-14-6-4-5-7-15(14)18/h4-7,13H,8-12H2,1-3H3,(H,19,21). The van der Waals surface area contributed by atoms with Crippen molar-refractivity contribution in [2.24, 2.45) is 5.92 Å². The maximum atomic E-state index is 13.7. The first-order valence-corrected chi connectivity index (χ1v) is 7.81. The quantitative estimate of drug-likeness (QED) is 0.929. The lowest BCUT2D eigenvalue weighted by Gasteiger charge is -2.32. The van der Waals surface area contributed by atoms with Crippen LogP contribution in [0.5, 0.6) is 0 Å². The molecular formula is C17H25FN2O2. The summed E-state index contributed by atoms with van der Waals surface area (Å²) in [5.41, 5.74) is 3.06. The Balaban J connectivity index is 1.76. The molecule has 1 aromatic rings. The van der Waals surface area contributed by atoms with Gasteiger partial charge in [0, 0.05) is 13.1 Å². The van der Waals surface area contributed by atoms with Crippen molar-refractivity contribution in [1.29, 1.82) is 0 Å². The first kappa shape index (κ1) is 16.7. The molecular weight excluding hydrogens is 283 g/mol. The van der Waals surface area contributed by atoms with Gasteiger partial charge in [0.2, 0.25) is 0 Å². The fourth-order valence-corrected chi connectivity index (χ4v) is 2.65. The molecule has 1 aliphatic heterocycles. The summed E-state index contributed by atoms with van der Waals surface area (Å²) in [7, 11) is 0. The van der Waals surface area contributed by atoms with E-state index in [2.05, 4.69) is 5.43 Å².